The molecule has 1 saturated heterocycles. The van der Waals surface area contributed by atoms with Crippen LogP contribution in [0, 0.1) is 0 Å². The summed E-state index contributed by atoms with van der Waals surface area (Å²) in [5, 5.41) is 8.25. The van der Waals surface area contributed by atoms with Gasteiger partial charge in [-0.3, -0.25) is 19.2 Å². The first-order valence-electron chi connectivity index (χ1n) is 18.3. The molecule has 270 valence electrons. The van der Waals surface area contributed by atoms with E-state index in [-0.39, 0.29) is 55.2 Å². The number of carbonyl (C=O) groups is 4. The van der Waals surface area contributed by atoms with Crippen molar-refractivity contribution < 1.29 is 23.9 Å². The first kappa shape index (κ1) is 35.4. The van der Waals surface area contributed by atoms with Crippen LogP contribution in [0.3, 0.4) is 0 Å². The zero-order valence-corrected chi connectivity index (χ0v) is 29.9. The Balaban J connectivity index is 1.08. The predicted molar refractivity (Wildman–Crippen MR) is 205 cm³/mol. The molecule has 0 saturated carbocycles. The molecule has 1 fully saturated rings. The molecule has 0 unspecified atom stereocenters. The Bertz CT molecular complexity index is 2100. The second kappa shape index (κ2) is 16.2. The maximum absolute atomic E-state index is 14.5. The van der Waals surface area contributed by atoms with Crippen LogP contribution < -0.4 is 15.4 Å². The van der Waals surface area contributed by atoms with Crippen LogP contribution in [0.1, 0.15) is 40.7 Å². The molecule has 2 bridgehead atoms. The molecule has 5 aromatic rings. The van der Waals surface area contributed by atoms with Gasteiger partial charge in [0.05, 0.1) is 18.9 Å². The molecule has 0 radical (unpaired) electrons. The van der Waals surface area contributed by atoms with Crippen molar-refractivity contribution in [1.29, 1.82) is 0 Å². The molecule has 0 aromatic heterocycles. The number of rotatable bonds is 7. The Morgan fingerprint density at radius 2 is 1.45 bits per heavy atom. The van der Waals surface area contributed by atoms with Crippen molar-refractivity contribution >= 4 is 34.4 Å². The molecule has 0 aliphatic carbocycles. The Morgan fingerprint density at radius 1 is 0.755 bits per heavy atom. The highest BCUT2D eigenvalue weighted by molar-refractivity contribution is 5.95. The van der Waals surface area contributed by atoms with Gasteiger partial charge in [-0.05, 0) is 70.5 Å². The zero-order valence-electron chi connectivity index (χ0n) is 29.9. The lowest BCUT2D eigenvalue weighted by Gasteiger charge is -2.30. The van der Waals surface area contributed by atoms with Gasteiger partial charge in [-0.15, -0.1) is 0 Å². The number of fused-ring (bicyclic) bond motifs is 4. The van der Waals surface area contributed by atoms with Crippen LogP contribution in [0.2, 0.25) is 0 Å². The summed E-state index contributed by atoms with van der Waals surface area (Å²) in [5.74, 6) is -0.222. The van der Waals surface area contributed by atoms with Crippen molar-refractivity contribution in [3.8, 4) is 16.9 Å². The van der Waals surface area contributed by atoms with Gasteiger partial charge in [0, 0.05) is 31.7 Å². The number of hydrogen-bond donors (Lipinski definition) is 2. The number of amides is 4. The Hall–Kier alpha value is -5.96. The summed E-state index contributed by atoms with van der Waals surface area (Å²) in [6.45, 7) is 0.865. The molecule has 7 rings (SSSR count). The van der Waals surface area contributed by atoms with E-state index in [0.717, 1.165) is 33.0 Å². The maximum atomic E-state index is 14.5. The van der Waals surface area contributed by atoms with Gasteiger partial charge in [0.15, 0.2) is 0 Å². The molecule has 2 aliphatic rings. The van der Waals surface area contributed by atoms with E-state index in [0.29, 0.717) is 43.7 Å². The van der Waals surface area contributed by atoms with Crippen molar-refractivity contribution in [3.63, 3.8) is 0 Å². The van der Waals surface area contributed by atoms with Crippen molar-refractivity contribution in [2.24, 2.45) is 0 Å². The lowest BCUT2D eigenvalue weighted by atomic mass is 10.0. The SMILES string of the molecule is CN1CCC[C@H](NC(=O)Cc2cccc3ccccc23)C(=O)N2C[C@@H](NC(=O)Cc3ccc(-c4ccccc4)cc3)C[C@H]2COc2cccc(c2)C1=O. The van der Waals surface area contributed by atoms with Gasteiger partial charge in [0.25, 0.3) is 5.91 Å². The highest BCUT2D eigenvalue weighted by Crippen LogP contribution is 2.25. The molecule has 9 heteroatoms. The van der Waals surface area contributed by atoms with Gasteiger partial charge >= 0.3 is 0 Å². The maximum Gasteiger partial charge on any atom is 0.253 e. The minimum absolute atomic E-state index is 0.121. The summed E-state index contributed by atoms with van der Waals surface area (Å²) in [7, 11) is 1.74. The summed E-state index contributed by atoms with van der Waals surface area (Å²) >= 11 is 0. The lowest BCUT2D eigenvalue weighted by molar-refractivity contribution is -0.138. The average Bonchev–Trinajstić information content (AvgIpc) is 3.58. The van der Waals surface area contributed by atoms with E-state index >= 15 is 0 Å². The van der Waals surface area contributed by atoms with Crippen molar-refractivity contribution in [1.82, 2.24) is 20.4 Å². The Morgan fingerprint density at radius 3 is 2.28 bits per heavy atom. The van der Waals surface area contributed by atoms with Crippen LogP contribution in [-0.2, 0) is 27.2 Å². The molecule has 4 amide bonds. The van der Waals surface area contributed by atoms with Gasteiger partial charge in [0.2, 0.25) is 17.7 Å². The molecule has 3 atom stereocenters. The van der Waals surface area contributed by atoms with Crippen LogP contribution >= 0.6 is 0 Å². The van der Waals surface area contributed by atoms with E-state index < -0.39 is 6.04 Å². The number of benzene rings is 5. The summed E-state index contributed by atoms with van der Waals surface area (Å²) in [6, 6.07) is 37.5. The van der Waals surface area contributed by atoms with Crippen LogP contribution in [0.25, 0.3) is 21.9 Å². The largest absolute Gasteiger partial charge is 0.491 e. The van der Waals surface area contributed by atoms with E-state index in [4.69, 9.17) is 4.74 Å². The molecular formula is C44H44N4O5. The first-order valence-corrected chi connectivity index (χ1v) is 18.3. The highest BCUT2D eigenvalue weighted by Gasteiger charge is 2.39. The van der Waals surface area contributed by atoms with E-state index in [1.165, 1.54) is 0 Å². The molecule has 2 N–H and O–H groups in total. The standard InChI is InChI=1S/C44H44N4O5/c1-47-23-9-18-40(46-42(50)26-34-14-7-13-33-12-5-6-17-39(33)34)44(52)48-28-36(27-37(48)29-53-38-16-8-15-35(25-38)43(47)51)45-41(49)24-30-19-21-32(22-20-30)31-10-3-2-4-11-31/h2-8,10-17,19-22,25,36-37,40H,9,18,23-24,26-29H2,1H3,(H,45,49)(H,46,50)/t36-,37-,40-/m0/s1. The number of carbonyl (C=O) groups excluding carboxylic acids is 4. The monoisotopic (exact) mass is 708 g/mol. The second-order valence-corrected chi connectivity index (χ2v) is 14.0. The Kier molecular flexibility index (Phi) is 10.8. The number of nitrogens with zero attached hydrogens (tertiary/aromatic N) is 2. The molecule has 53 heavy (non-hydrogen) atoms. The summed E-state index contributed by atoms with van der Waals surface area (Å²) in [4.78, 5) is 58.0. The Labute approximate surface area is 309 Å². The van der Waals surface area contributed by atoms with Gasteiger partial charge in [-0.25, -0.2) is 0 Å². The number of nitrogens with one attached hydrogen (secondary N) is 2. The third-order valence-corrected chi connectivity index (χ3v) is 10.2. The van der Waals surface area contributed by atoms with Gasteiger partial charge in [0.1, 0.15) is 18.4 Å². The molecule has 9 nitrogen and oxygen atoms in total. The second-order valence-electron chi connectivity index (χ2n) is 14.0. The fourth-order valence-electron chi connectivity index (χ4n) is 7.45. The number of hydrogen-bond acceptors (Lipinski definition) is 5. The molecule has 0 spiro atoms. The van der Waals surface area contributed by atoms with Crippen LogP contribution in [-0.4, -0.2) is 78.3 Å². The van der Waals surface area contributed by atoms with E-state index in [1.807, 2.05) is 84.9 Å². The van der Waals surface area contributed by atoms with Gasteiger partial charge in [-0.1, -0.05) is 103 Å². The highest BCUT2D eigenvalue weighted by atomic mass is 16.5. The third-order valence-electron chi connectivity index (χ3n) is 10.2. The predicted octanol–water partition coefficient (Wildman–Crippen LogP) is 5.81. The summed E-state index contributed by atoms with van der Waals surface area (Å²) in [5.41, 5.74) is 4.49. The number of ether oxygens (including phenoxy) is 1. The smallest absolute Gasteiger partial charge is 0.253 e. The molecule has 5 aromatic carbocycles. The summed E-state index contributed by atoms with van der Waals surface area (Å²) in [6.07, 6.45) is 1.67. The molecule has 2 heterocycles. The third kappa shape index (κ3) is 8.58. The first-order chi connectivity index (χ1) is 25.8. The van der Waals surface area contributed by atoms with Crippen LogP contribution in [0.4, 0.5) is 0 Å². The topological polar surface area (TPSA) is 108 Å². The van der Waals surface area contributed by atoms with E-state index in [1.54, 1.807) is 41.1 Å². The van der Waals surface area contributed by atoms with E-state index in [9.17, 15) is 19.2 Å². The molecular weight excluding hydrogens is 665 g/mol. The van der Waals surface area contributed by atoms with Gasteiger partial charge < -0.3 is 25.2 Å². The average molecular weight is 709 g/mol. The van der Waals surface area contributed by atoms with Crippen molar-refractivity contribution in [2.75, 3.05) is 26.7 Å². The van der Waals surface area contributed by atoms with E-state index in [2.05, 4.69) is 22.8 Å². The lowest BCUT2D eigenvalue weighted by Crippen LogP contribution is -2.52. The quantitative estimate of drug-likeness (QED) is 0.222. The van der Waals surface area contributed by atoms with Crippen molar-refractivity contribution in [2.45, 2.75) is 50.2 Å². The van der Waals surface area contributed by atoms with Crippen molar-refractivity contribution in [3.05, 3.63) is 138 Å². The van der Waals surface area contributed by atoms with Gasteiger partial charge in [-0.2, -0.15) is 0 Å². The minimum atomic E-state index is -0.818. The zero-order chi connectivity index (χ0) is 36.7. The normalized spacial score (nSPS) is 19.2. The summed E-state index contributed by atoms with van der Waals surface area (Å²) < 4.78 is 6.21. The fraction of sp³-hybridized carbons (Fsp3) is 0.273. The van der Waals surface area contributed by atoms with Crippen LogP contribution in [0.5, 0.6) is 5.75 Å². The fourth-order valence-corrected chi connectivity index (χ4v) is 7.45. The molecule has 2 aliphatic heterocycles. The minimum Gasteiger partial charge on any atom is -0.491 e. The van der Waals surface area contributed by atoms with Crippen LogP contribution in [0.15, 0.2) is 121 Å².